The number of hydrogen-bond acceptors (Lipinski definition) is 3. The predicted octanol–water partition coefficient (Wildman–Crippen LogP) is 2.35. The Hall–Kier alpha value is -2.83. The minimum Gasteiger partial charge on any atom is -0.334 e. The van der Waals surface area contributed by atoms with E-state index in [0.717, 1.165) is 30.8 Å². The lowest BCUT2D eigenvalue weighted by molar-refractivity contribution is -0.117. The molecule has 1 aromatic carbocycles. The molecule has 0 saturated carbocycles. The first-order valence-corrected chi connectivity index (χ1v) is 8.12. The molecule has 1 aliphatic rings. The van der Waals surface area contributed by atoms with Crippen molar-refractivity contribution in [2.75, 3.05) is 16.8 Å². The van der Waals surface area contributed by atoms with Gasteiger partial charge in [-0.15, -0.1) is 0 Å². The number of carbonyl (C=O) groups excluding carboxylic acids is 2. The summed E-state index contributed by atoms with van der Waals surface area (Å²) in [5.41, 5.74) is 2.56. The highest BCUT2D eigenvalue weighted by atomic mass is 16.2. The molecule has 0 bridgehead atoms. The fourth-order valence-corrected chi connectivity index (χ4v) is 2.67. The minimum absolute atomic E-state index is 0.174. The molecular formula is C17H21N5O2. The number of aromatic nitrogens is 2. The van der Waals surface area contributed by atoms with Gasteiger partial charge in [-0.25, -0.2) is 4.79 Å². The Kier molecular flexibility index (Phi) is 4.79. The normalized spacial score (nSPS) is 14.0. The Morgan fingerprint density at radius 1 is 1.29 bits per heavy atom. The molecule has 0 unspecified atom stereocenters. The molecule has 0 atom stereocenters. The lowest BCUT2D eigenvalue weighted by Gasteiger charge is -2.16. The van der Waals surface area contributed by atoms with Gasteiger partial charge in [-0.2, -0.15) is 5.10 Å². The lowest BCUT2D eigenvalue weighted by Crippen LogP contribution is -2.28. The Bertz CT molecular complexity index is 723. The van der Waals surface area contributed by atoms with Crippen molar-refractivity contribution in [1.82, 2.24) is 15.1 Å². The number of aryl methyl sites for hydroxylation is 1. The summed E-state index contributed by atoms with van der Waals surface area (Å²) in [5, 5.41) is 9.65. The Morgan fingerprint density at radius 2 is 2.08 bits per heavy atom. The van der Waals surface area contributed by atoms with E-state index < -0.39 is 0 Å². The number of anilines is 2. The molecule has 0 spiro atoms. The first-order valence-electron chi connectivity index (χ1n) is 8.12. The van der Waals surface area contributed by atoms with E-state index in [9.17, 15) is 9.59 Å². The van der Waals surface area contributed by atoms with Crippen molar-refractivity contribution in [2.45, 2.75) is 32.9 Å². The number of carbonyl (C=O) groups is 2. The van der Waals surface area contributed by atoms with E-state index >= 15 is 0 Å². The average Bonchev–Trinajstić information content (AvgIpc) is 3.22. The number of urea groups is 1. The van der Waals surface area contributed by atoms with Gasteiger partial charge in [-0.1, -0.05) is 12.1 Å². The van der Waals surface area contributed by atoms with Gasteiger partial charge in [0.05, 0.1) is 11.9 Å². The van der Waals surface area contributed by atoms with Crippen LogP contribution in [0.5, 0.6) is 0 Å². The molecule has 2 N–H and O–H groups in total. The molecule has 3 amide bonds. The molecule has 126 valence electrons. The number of hydrogen-bond donors (Lipinski definition) is 2. The van der Waals surface area contributed by atoms with E-state index in [4.69, 9.17) is 0 Å². The molecule has 1 aliphatic heterocycles. The first-order chi connectivity index (χ1) is 11.7. The van der Waals surface area contributed by atoms with Gasteiger partial charge in [0.2, 0.25) is 5.91 Å². The van der Waals surface area contributed by atoms with E-state index in [0.29, 0.717) is 18.7 Å². The number of benzene rings is 1. The number of nitrogens with one attached hydrogen (secondary N) is 2. The van der Waals surface area contributed by atoms with Crippen LogP contribution in [0.25, 0.3) is 0 Å². The highest BCUT2D eigenvalue weighted by Crippen LogP contribution is 2.21. The molecule has 1 aromatic heterocycles. The number of nitrogens with zero attached hydrogens (tertiary/aromatic N) is 3. The summed E-state index contributed by atoms with van der Waals surface area (Å²) >= 11 is 0. The molecule has 7 nitrogen and oxygen atoms in total. The zero-order chi connectivity index (χ0) is 16.9. The summed E-state index contributed by atoms with van der Waals surface area (Å²) in [5.74, 6) is 0.174. The third kappa shape index (κ3) is 3.73. The van der Waals surface area contributed by atoms with Crippen LogP contribution < -0.4 is 15.5 Å². The monoisotopic (exact) mass is 327 g/mol. The van der Waals surface area contributed by atoms with Crippen LogP contribution in [0.4, 0.5) is 16.2 Å². The van der Waals surface area contributed by atoms with E-state index in [1.165, 1.54) is 0 Å². The second-order valence-corrected chi connectivity index (χ2v) is 5.71. The Morgan fingerprint density at radius 3 is 2.71 bits per heavy atom. The van der Waals surface area contributed by atoms with Crippen molar-refractivity contribution in [3.63, 3.8) is 0 Å². The second kappa shape index (κ2) is 7.16. The van der Waals surface area contributed by atoms with E-state index in [1.54, 1.807) is 22.0 Å². The van der Waals surface area contributed by atoms with E-state index in [1.807, 2.05) is 31.2 Å². The third-order valence-electron chi connectivity index (χ3n) is 3.99. The molecule has 2 heterocycles. The quantitative estimate of drug-likeness (QED) is 0.885. The molecule has 24 heavy (non-hydrogen) atoms. The number of amides is 3. The van der Waals surface area contributed by atoms with Crippen molar-refractivity contribution in [3.8, 4) is 0 Å². The van der Waals surface area contributed by atoms with E-state index in [-0.39, 0.29) is 11.9 Å². The second-order valence-electron chi connectivity index (χ2n) is 5.71. The molecular weight excluding hydrogens is 306 g/mol. The highest BCUT2D eigenvalue weighted by molar-refractivity contribution is 5.95. The average molecular weight is 327 g/mol. The predicted molar refractivity (Wildman–Crippen MR) is 91.8 cm³/mol. The number of rotatable bonds is 5. The molecule has 1 fully saturated rings. The summed E-state index contributed by atoms with van der Waals surface area (Å²) in [6.07, 6.45) is 4.93. The van der Waals surface area contributed by atoms with Crippen LogP contribution in [-0.2, 0) is 17.9 Å². The van der Waals surface area contributed by atoms with Gasteiger partial charge in [-0.05, 0) is 31.0 Å². The van der Waals surface area contributed by atoms with Crippen LogP contribution in [0.1, 0.15) is 25.3 Å². The summed E-state index contributed by atoms with van der Waals surface area (Å²) in [4.78, 5) is 25.4. The van der Waals surface area contributed by atoms with Crippen molar-refractivity contribution < 1.29 is 9.59 Å². The van der Waals surface area contributed by atoms with E-state index in [2.05, 4.69) is 15.7 Å². The summed E-state index contributed by atoms with van der Waals surface area (Å²) in [7, 11) is 0. The largest absolute Gasteiger partial charge is 0.334 e. The maximum atomic E-state index is 11.9. The standard InChI is InChI=1S/C17H21N5O2/c1-2-21-12-14(11-19-21)20-17(24)18-10-13-5-7-15(8-6-13)22-9-3-4-16(22)23/h5-8,11-12H,2-4,9-10H2,1H3,(H2,18,20,24). The SMILES string of the molecule is CCn1cc(NC(=O)NCc2ccc(N3CCCC3=O)cc2)cn1. The molecule has 1 saturated heterocycles. The van der Waals surface area contributed by atoms with Crippen LogP contribution in [0.2, 0.25) is 0 Å². The van der Waals surface area contributed by atoms with Crippen LogP contribution in [0.15, 0.2) is 36.7 Å². The van der Waals surface area contributed by atoms with Gasteiger partial charge in [0.15, 0.2) is 0 Å². The van der Waals surface area contributed by atoms with Gasteiger partial charge in [0.1, 0.15) is 0 Å². The smallest absolute Gasteiger partial charge is 0.319 e. The van der Waals surface area contributed by atoms with Gasteiger partial charge < -0.3 is 15.5 Å². The molecule has 3 rings (SSSR count). The lowest BCUT2D eigenvalue weighted by atomic mass is 10.2. The van der Waals surface area contributed by atoms with Crippen molar-refractivity contribution in [2.24, 2.45) is 0 Å². The summed E-state index contributed by atoms with van der Waals surface area (Å²) < 4.78 is 1.74. The minimum atomic E-state index is -0.274. The topological polar surface area (TPSA) is 79.3 Å². The molecule has 7 heteroatoms. The molecule has 0 aliphatic carbocycles. The van der Waals surface area contributed by atoms with Crippen LogP contribution >= 0.6 is 0 Å². The maximum Gasteiger partial charge on any atom is 0.319 e. The zero-order valence-electron chi connectivity index (χ0n) is 13.7. The fourth-order valence-electron chi connectivity index (χ4n) is 2.67. The maximum absolute atomic E-state index is 11.9. The van der Waals surface area contributed by atoms with Crippen molar-refractivity contribution in [1.29, 1.82) is 0 Å². The molecule has 2 aromatic rings. The van der Waals surface area contributed by atoms with Crippen molar-refractivity contribution >= 4 is 23.3 Å². The molecule has 0 radical (unpaired) electrons. The zero-order valence-corrected chi connectivity index (χ0v) is 13.7. The third-order valence-corrected chi connectivity index (χ3v) is 3.99. The van der Waals surface area contributed by atoms with Gasteiger partial charge in [0, 0.05) is 37.9 Å². The van der Waals surface area contributed by atoms with Crippen LogP contribution in [-0.4, -0.2) is 28.3 Å². The first kappa shape index (κ1) is 16.0. The summed E-state index contributed by atoms with van der Waals surface area (Å²) in [6.45, 7) is 3.94. The summed E-state index contributed by atoms with van der Waals surface area (Å²) in [6, 6.07) is 7.42. The fraction of sp³-hybridized carbons (Fsp3) is 0.353. The van der Waals surface area contributed by atoms with Crippen LogP contribution in [0, 0.1) is 0 Å². The highest BCUT2D eigenvalue weighted by Gasteiger charge is 2.21. The Balaban J connectivity index is 1.50. The Labute approximate surface area is 140 Å². The van der Waals surface area contributed by atoms with Gasteiger partial charge >= 0.3 is 6.03 Å². The van der Waals surface area contributed by atoms with Gasteiger partial charge in [0.25, 0.3) is 0 Å². The van der Waals surface area contributed by atoms with Gasteiger partial charge in [-0.3, -0.25) is 9.48 Å². The van der Waals surface area contributed by atoms with Crippen molar-refractivity contribution in [3.05, 3.63) is 42.2 Å². The van der Waals surface area contributed by atoms with Crippen LogP contribution in [0.3, 0.4) is 0 Å².